The first-order chi connectivity index (χ1) is 27.7. The SMILES string of the molecule is CC1(C)CC(=O)c2c(C(F)(F)F)nn(-c3ccc(C(N)=O)c(NC4CCC(OC(=O)CCNC(=O)C(CCCNC(=O)OC(C)(C)C)NC(=O)OC(C)(C)C)CC4)c3)c2C1. The normalized spacial score (nSPS) is 18.4. The molecule has 4 rings (SSSR count). The number of ketones is 1. The Labute approximate surface area is 347 Å². The zero-order chi connectivity index (χ0) is 44.8. The molecule has 1 fully saturated rings. The molecule has 60 heavy (non-hydrogen) atoms. The predicted molar refractivity (Wildman–Crippen MR) is 214 cm³/mol. The summed E-state index contributed by atoms with van der Waals surface area (Å²) < 4.78 is 59.5. The highest BCUT2D eigenvalue weighted by atomic mass is 19.4. The quantitative estimate of drug-likeness (QED) is 0.0828. The number of alkyl halides is 3. The van der Waals surface area contributed by atoms with Crippen molar-refractivity contribution in [1.82, 2.24) is 25.7 Å². The number of hydrogen-bond donors (Lipinski definition) is 5. The molecule has 332 valence electrons. The molecular formula is C41H58F3N7O9. The third-order valence-corrected chi connectivity index (χ3v) is 9.63. The van der Waals surface area contributed by atoms with Crippen molar-refractivity contribution in [2.45, 2.75) is 149 Å². The molecule has 19 heteroatoms. The molecule has 6 N–H and O–H groups in total. The highest BCUT2D eigenvalue weighted by Gasteiger charge is 2.45. The highest BCUT2D eigenvalue weighted by molar-refractivity contribution is 6.01. The van der Waals surface area contributed by atoms with Gasteiger partial charge in [-0.15, -0.1) is 0 Å². The number of rotatable bonds is 14. The van der Waals surface area contributed by atoms with Gasteiger partial charge in [-0.3, -0.25) is 19.2 Å². The van der Waals surface area contributed by atoms with Crippen molar-refractivity contribution in [3.8, 4) is 5.69 Å². The van der Waals surface area contributed by atoms with Gasteiger partial charge in [-0.25, -0.2) is 14.3 Å². The van der Waals surface area contributed by atoms with Gasteiger partial charge in [-0.05, 0) is 110 Å². The number of esters is 1. The lowest BCUT2D eigenvalue weighted by Gasteiger charge is -2.30. The van der Waals surface area contributed by atoms with Crippen LogP contribution in [0.5, 0.6) is 0 Å². The number of carbonyl (C=O) groups is 6. The first-order valence-electron chi connectivity index (χ1n) is 20.1. The van der Waals surface area contributed by atoms with Crippen LogP contribution in [-0.4, -0.2) is 88.0 Å². The van der Waals surface area contributed by atoms with Gasteiger partial charge in [-0.1, -0.05) is 13.8 Å². The van der Waals surface area contributed by atoms with E-state index in [-0.39, 0.29) is 67.4 Å². The lowest BCUT2D eigenvalue weighted by atomic mass is 9.75. The van der Waals surface area contributed by atoms with Gasteiger partial charge in [0.25, 0.3) is 5.91 Å². The van der Waals surface area contributed by atoms with Gasteiger partial charge < -0.3 is 41.2 Å². The van der Waals surface area contributed by atoms with Gasteiger partial charge in [0.2, 0.25) is 5.91 Å². The second kappa shape index (κ2) is 18.9. The van der Waals surface area contributed by atoms with Crippen molar-refractivity contribution in [2.24, 2.45) is 11.1 Å². The Morgan fingerprint density at radius 3 is 2.15 bits per heavy atom. The number of aromatic nitrogens is 2. The standard InChI is InChI=1S/C41H58F3N7O9/c1-38(2,3)59-36(56)47-18-9-10-27(49-37(57)60-39(4,5)6)35(55)46-19-17-31(53)58-25-14-11-23(12-15-25)48-28-20-24(13-16-26(28)34(45)54)51-29-21-40(7,8)22-30(52)32(29)33(50-51)41(42,43)44/h13,16,20,23,25,27,48H,9-12,14-15,17-19,21-22H2,1-8H3,(H2,45,54)(H,46,55)(H,47,56)(H,49,57). The molecule has 1 saturated carbocycles. The number of alkyl carbamates (subject to hydrolysis) is 2. The molecule has 0 spiro atoms. The molecule has 1 aromatic carbocycles. The third kappa shape index (κ3) is 13.9. The predicted octanol–water partition coefficient (Wildman–Crippen LogP) is 6.12. The molecule has 2 aliphatic carbocycles. The van der Waals surface area contributed by atoms with Crippen LogP contribution in [0.1, 0.15) is 139 Å². The Bertz CT molecular complexity index is 1920. The number of benzene rings is 1. The summed E-state index contributed by atoms with van der Waals surface area (Å²) in [5.41, 5.74) is 2.65. The molecule has 4 amide bonds. The van der Waals surface area contributed by atoms with Crippen molar-refractivity contribution in [1.29, 1.82) is 0 Å². The van der Waals surface area contributed by atoms with Crippen LogP contribution in [0.25, 0.3) is 5.69 Å². The van der Waals surface area contributed by atoms with Crippen LogP contribution < -0.4 is 27.0 Å². The maximum Gasteiger partial charge on any atom is 0.435 e. The van der Waals surface area contributed by atoms with Crippen molar-refractivity contribution >= 4 is 41.4 Å². The van der Waals surface area contributed by atoms with Gasteiger partial charge in [0.1, 0.15) is 23.3 Å². The van der Waals surface area contributed by atoms with Gasteiger partial charge in [0.15, 0.2) is 11.5 Å². The van der Waals surface area contributed by atoms with E-state index < -0.39 is 81.9 Å². The number of fused-ring (bicyclic) bond motifs is 1. The number of anilines is 1. The third-order valence-electron chi connectivity index (χ3n) is 9.63. The summed E-state index contributed by atoms with van der Waals surface area (Å²) in [6.07, 6.45) is -4.32. The van der Waals surface area contributed by atoms with E-state index >= 15 is 0 Å². The molecule has 16 nitrogen and oxygen atoms in total. The summed E-state index contributed by atoms with van der Waals surface area (Å²) in [4.78, 5) is 75.7. The molecule has 1 heterocycles. The number of ether oxygens (including phenoxy) is 3. The Kier molecular flexibility index (Phi) is 14.9. The fourth-order valence-electron chi connectivity index (χ4n) is 7.09. The van der Waals surface area contributed by atoms with Crippen LogP contribution in [0.3, 0.4) is 0 Å². The number of carbonyl (C=O) groups excluding carboxylic acids is 6. The average Bonchev–Trinajstić information content (AvgIpc) is 3.48. The summed E-state index contributed by atoms with van der Waals surface area (Å²) >= 11 is 0. The zero-order valence-corrected chi connectivity index (χ0v) is 35.5. The Balaban J connectivity index is 1.32. The van der Waals surface area contributed by atoms with Gasteiger partial charge >= 0.3 is 24.3 Å². The van der Waals surface area contributed by atoms with Gasteiger partial charge in [-0.2, -0.15) is 18.3 Å². The molecule has 0 bridgehead atoms. The molecular weight excluding hydrogens is 791 g/mol. The van der Waals surface area contributed by atoms with E-state index in [1.165, 1.54) is 18.2 Å². The minimum Gasteiger partial charge on any atom is -0.462 e. The number of nitrogens with zero attached hydrogens (tertiary/aromatic N) is 2. The maximum absolute atomic E-state index is 14.1. The largest absolute Gasteiger partial charge is 0.462 e. The second-order valence-corrected chi connectivity index (χ2v) is 18.0. The number of amides is 4. The topological polar surface area (TPSA) is 222 Å². The maximum atomic E-state index is 14.1. The van der Waals surface area contributed by atoms with Crippen LogP contribution in [0, 0.1) is 5.41 Å². The lowest BCUT2D eigenvalue weighted by molar-refractivity contribution is -0.150. The van der Waals surface area contributed by atoms with Crippen LogP contribution in [0.4, 0.5) is 28.4 Å². The fraction of sp³-hybridized carbons (Fsp3) is 0.634. The van der Waals surface area contributed by atoms with E-state index in [4.69, 9.17) is 19.9 Å². The smallest absolute Gasteiger partial charge is 0.435 e. The number of nitrogens with two attached hydrogens (primary N) is 1. The monoisotopic (exact) mass is 849 g/mol. The van der Waals surface area contributed by atoms with Gasteiger partial charge in [0.05, 0.1) is 28.9 Å². The fourth-order valence-corrected chi connectivity index (χ4v) is 7.09. The number of Topliss-reactive ketones (excluding diaryl/α,β-unsaturated/α-hetero) is 1. The average molecular weight is 850 g/mol. The molecule has 2 aliphatic rings. The zero-order valence-electron chi connectivity index (χ0n) is 35.5. The minimum atomic E-state index is -4.86. The van der Waals surface area contributed by atoms with Crippen molar-refractivity contribution < 1.29 is 56.1 Å². The second-order valence-electron chi connectivity index (χ2n) is 18.0. The van der Waals surface area contributed by atoms with Crippen LogP contribution in [0.2, 0.25) is 0 Å². The van der Waals surface area contributed by atoms with Crippen molar-refractivity contribution in [2.75, 3.05) is 18.4 Å². The van der Waals surface area contributed by atoms with Crippen LogP contribution in [0.15, 0.2) is 18.2 Å². The van der Waals surface area contributed by atoms with E-state index in [2.05, 4.69) is 26.4 Å². The molecule has 1 unspecified atom stereocenters. The molecule has 1 aromatic heterocycles. The van der Waals surface area contributed by atoms with E-state index in [0.29, 0.717) is 32.1 Å². The van der Waals surface area contributed by atoms with E-state index in [1.54, 1.807) is 55.4 Å². The summed E-state index contributed by atoms with van der Waals surface area (Å²) in [5, 5.41) is 14.9. The molecule has 0 radical (unpaired) electrons. The Hall–Kier alpha value is -5.36. The molecule has 1 atom stereocenters. The van der Waals surface area contributed by atoms with Crippen LogP contribution in [-0.2, 0) is 36.4 Å². The number of primary amides is 1. The lowest BCUT2D eigenvalue weighted by Crippen LogP contribution is -2.48. The first kappa shape index (κ1) is 47.3. The van der Waals surface area contributed by atoms with E-state index in [9.17, 15) is 41.9 Å². The van der Waals surface area contributed by atoms with E-state index in [1.807, 2.05) is 0 Å². The summed E-state index contributed by atoms with van der Waals surface area (Å²) in [6.45, 7) is 13.9. The molecule has 0 aliphatic heterocycles. The van der Waals surface area contributed by atoms with Crippen molar-refractivity contribution in [3.05, 3.63) is 40.7 Å². The van der Waals surface area contributed by atoms with Crippen LogP contribution >= 0.6 is 0 Å². The number of nitrogens with one attached hydrogen (secondary N) is 4. The summed E-state index contributed by atoms with van der Waals surface area (Å²) in [5.74, 6) is -2.48. The highest BCUT2D eigenvalue weighted by Crippen LogP contribution is 2.42. The molecule has 0 saturated heterocycles. The first-order valence-corrected chi connectivity index (χ1v) is 20.1. The van der Waals surface area contributed by atoms with Crippen molar-refractivity contribution in [3.63, 3.8) is 0 Å². The van der Waals surface area contributed by atoms with E-state index in [0.717, 1.165) is 4.68 Å². The van der Waals surface area contributed by atoms with Gasteiger partial charge in [0, 0.05) is 31.2 Å². The molecule has 2 aromatic rings. The summed E-state index contributed by atoms with van der Waals surface area (Å²) in [7, 11) is 0. The minimum absolute atomic E-state index is 0.0501. The Morgan fingerprint density at radius 2 is 1.55 bits per heavy atom. The number of hydrogen-bond acceptors (Lipinski definition) is 11. The Morgan fingerprint density at radius 1 is 0.917 bits per heavy atom. The summed E-state index contributed by atoms with van der Waals surface area (Å²) in [6, 6.07) is 3.11. The number of halogens is 3.